The third kappa shape index (κ3) is 2.66. The largest absolute Gasteiger partial charge is 0.465 e. The van der Waals surface area contributed by atoms with Crippen LogP contribution in [0.15, 0.2) is 33.6 Å². The van der Waals surface area contributed by atoms with E-state index in [0.29, 0.717) is 11.3 Å². The van der Waals surface area contributed by atoms with Crippen LogP contribution < -0.4 is 10.0 Å². The molecule has 5 nitrogen and oxygen atoms in total. The van der Waals surface area contributed by atoms with Crippen LogP contribution in [0.4, 0.5) is 10.1 Å². The molecule has 2 aromatic rings. The molecule has 0 unspecified atom stereocenters. The van der Waals surface area contributed by atoms with Crippen molar-refractivity contribution < 1.29 is 17.2 Å². The van der Waals surface area contributed by atoms with E-state index in [1.54, 1.807) is 13.8 Å². The average molecular weight is 312 g/mol. The number of halogens is 1. The molecule has 2 rings (SSSR count). The van der Waals surface area contributed by atoms with Gasteiger partial charge in [0.1, 0.15) is 22.2 Å². The van der Waals surface area contributed by atoms with Gasteiger partial charge in [0.15, 0.2) is 0 Å². The molecule has 0 radical (unpaired) electrons. The zero-order valence-corrected chi connectivity index (χ0v) is 12.9. The Bertz CT molecular complexity index is 769. The molecule has 0 aliphatic heterocycles. The maximum absolute atomic E-state index is 13.3. The first-order chi connectivity index (χ1) is 9.78. The Labute approximate surface area is 123 Å². The number of rotatable bonds is 4. The average Bonchev–Trinajstić information content (AvgIpc) is 2.72. The summed E-state index contributed by atoms with van der Waals surface area (Å²) in [5, 5.41) is 0. The number of nitrogens with two attached hydrogens (primary N) is 1. The molecule has 1 aromatic carbocycles. The summed E-state index contributed by atoms with van der Waals surface area (Å²) in [6, 6.07) is 5.38. The minimum Gasteiger partial charge on any atom is -0.465 e. The summed E-state index contributed by atoms with van der Waals surface area (Å²) >= 11 is 0. The number of furan rings is 1. The van der Waals surface area contributed by atoms with Crippen molar-refractivity contribution in [2.24, 2.45) is 5.73 Å². The van der Waals surface area contributed by atoms with Crippen molar-refractivity contribution in [3.63, 3.8) is 0 Å². The Morgan fingerprint density at radius 3 is 2.52 bits per heavy atom. The molecule has 0 fully saturated rings. The zero-order chi connectivity index (χ0) is 15.8. The van der Waals surface area contributed by atoms with Gasteiger partial charge in [-0.05, 0) is 32.0 Å². The van der Waals surface area contributed by atoms with E-state index < -0.39 is 15.8 Å². The normalized spacial score (nSPS) is 11.7. The highest BCUT2D eigenvalue weighted by atomic mass is 32.2. The fourth-order valence-corrected chi connectivity index (χ4v) is 3.84. The molecule has 0 aliphatic rings. The second-order valence-corrected chi connectivity index (χ2v) is 6.58. The molecule has 21 heavy (non-hydrogen) atoms. The van der Waals surface area contributed by atoms with E-state index in [0.717, 1.165) is 10.4 Å². The molecule has 0 atom stereocenters. The molecule has 2 N–H and O–H groups in total. The van der Waals surface area contributed by atoms with E-state index in [-0.39, 0.29) is 22.9 Å². The Kier molecular flexibility index (Phi) is 4.06. The van der Waals surface area contributed by atoms with Gasteiger partial charge in [0, 0.05) is 19.2 Å². The minimum atomic E-state index is -3.87. The lowest BCUT2D eigenvalue weighted by Gasteiger charge is -2.20. The Morgan fingerprint density at radius 2 is 1.95 bits per heavy atom. The number of hydrogen-bond acceptors (Lipinski definition) is 4. The van der Waals surface area contributed by atoms with Crippen LogP contribution in [0.3, 0.4) is 0 Å². The van der Waals surface area contributed by atoms with Crippen LogP contribution in [0.5, 0.6) is 0 Å². The molecule has 0 aliphatic carbocycles. The van der Waals surface area contributed by atoms with Crippen molar-refractivity contribution in [3.8, 4) is 0 Å². The first-order valence-electron chi connectivity index (χ1n) is 6.32. The molecule has 0 spiro atoms. The smallest absolute Gasteiger partial charge is 0.267 e. The minimum absolute atomic E-state index is 0.0502. The third-order valence-corrected chi connectivity index (χ3v) is 5.30. The predicted molar refractivity (Wildman–Crippen MR) is 78.1 cm³/mol. The van der Waals surface area contributed by atoms with Gasteiger partial charge in [0.05, 0.1) is 5.69 Å². The topological polar surface area (TPSA) is 76.5 Å². The Morgan fingerprint density at radius 1 is 1.29 bits per heavy atom. The highest BCUT2D eigenvalue weighted by Crippen LogP contribution is 2.30. The van der Waals surface area contributed by atoms with Gasteiger partial charge in [-0.2, -0.15) is 0 Å². The summed E-state index contributed by atoms with van der Waals surface area (Å²) in [5.41, 5.74) is 6.29. The van der Waals surface area contributed by atoms with Crippen molar-refractivity contribution in [3.05, 3.63) is 47.2 Å². The third-order valence-electron chi connectivity index (χ3n) is 3.32. The highest BCUT2D eigenvalue weighted by molar-refractivity contribution is 7.92. The molecule has 1 aromatic heterocycles. The van der Waals surface area contributed by atoms with Crippen LogP contribution in [0.2, 0.25) is 0 Å². The lowest BCUT2D eigenvalue weighted by Crippen LogP contribution is -2.28. The first-order valence-corrected chi connectivity index (χ1v) is 7.76. The molecule has 0 bridgehead atoms. The summed E-state index contributed by atoms with van der Waals surface area (Å²) in [6.07, 6.45) is 0. The number of hydrogen-bond donors (Lipinski definition) is 1. The van der Waals surface area contributed by atoms with Crippen LogP contribution in [0.1, 0.15) is 17.1 Å². The van der Waals surface area contributed by atoms with Crippen molar-refractivity contribution in [1.29, 1.82) is 0 Å². The van der Waals surface area contributed by atoms with Crippen LogP contribution in [0.25, 0.3) is 0 Å². The number of aryl methyl sites for hydroxylation is 2. The first kappa shape index (κ1) is 15.5. The lowest BCUT2D eigenvalue weighted by molar-refractivity contribution is 0.494. The SMILES string of the molecule is Cc1oc(C)c(S(=O)(=O)N(C)c2cccc(F)c2)c1CN. The number of benzene rings is 1. The molecule has 0 saturated carbocycles. The van der Waals surface area contributed by atoms with E-state index >= 15 is 0 Å². The van der Waals surface area contributed by atoms with Crippen molar-refractivity contribution in [2.45, 2.75) is 25.3 Å². The van der Waals surface area contributed by atoms with Gasteiger partial charge < -0.3 is 10.2 Å². The van der Waals surface area contributed by atoms with Gasteiger partial charge in [-0.3, -0.25) is 4.31 Å². The summed E-state index contributed by atoms with van der Waals surface area (Å²) in [4.78, 5) is 0.0502. The predicted octanol–water partition coefficient (Wildman–Crippen LogP) is 2.32. The molecule has 114 valence electrons. The van der Waals surface area contributed by atoms with Gasteiger partial charge in [-0.1, -0.05) is 6.07 Å². The lowest BCUT2D eigenvalue weighted by atomic mass is 10.2. The number of anilines is 1. The number of sulfonamides is 1. The van der Waals surface area contributed by atoms with Gasteiger partial charge >= 0.3 is 0 Å². The molecule has 1 heterocycles. The second-order valence-electron chi connectivity index (χ2n) is 4.68. The summed E-state index contributed by atoms with van der Waals surface area (Å²) in [6.45, 7) is 3.28. The van der Waals surface area contributed by atoms with Gasteiger partial charge in [0.25, 0.3) is 10.0 Å². The fraction of sp³-hybridized carbons (Fsp3) is 0.286. The van der Waals surface area contributed by atoms with Gasteiger partial charge in [-0.15, -0.1) is 0 Å². The zero-order valence-electron chi connectivity index (χ0n) is 12.1. The molecular formula is C14H17FN2O3S. The standard InChI is InChI=1S/C14H17FN2O3S/c1-9-13(8-16)14(10(2)20-9)21(18,19)17(3)12-6-4-5-11(15)7-12/h4-7H,8,16H2,1-3H3. The molecule has 0 amide bonds. The van der Waals surface area contributed by atoms with E-state index in [4.69, 9.17) is 10.2 Å². The molecule has 7 heteroatoms. The van der Waals surface area contributed by atoms with Crippen LogP contribution in [0, 0.1) is 19.7 Å². The second kappa shape index (κ2) is 5.50. The van der Waals surface area contributed by atoms with E-state index in [1.165, 1.54) is 25.2 Å². The van der Waals surface area contributed by atoms with Crippen molar-refractivity contribution in [1.82, 2.24) is 0 Å². The van der Waals surface area contributed by atoms with E-state index in [9.17, 15) is 12.8 Å². The quantitative estimate of drug-likeness (QED) is 0.940. The van der Waals surface area contributed by atoms with Gasteiger partial charge in [0.2, 0.25) is 0 Å². The Balaban J connectivity index is 2.57. The van der Waals surface area contributed by atoms with E-state index in [2.05, 4.69) is 0 Å². The fourth-order valence-electron chi connectivity index (χ4n) is 2.23. The maximum Gasteiger partial charge on any atom is 0.267 e. The summed E-state index contributed by atoms with van der Waals surface area (Å²) in [5.74, 6) is 0.242. The van der Waals surface area contributed by atoms with Crippen molar-refractivity contribution in [2.75, 3.05) is 11.4 Å². The van der Waals surface area contributed by atoms with Crippen LogP contribution in [-0.4, -0.2) is 15.5 Å². The maximum atomic E-state index is 13.3. The van der Waals surface area contributed by atoms with Crippen molar-refractivity contribution >= 4 is 15.7 Å². The van der Waals surface area contributed by atoms with Crippen LogP contribution in [-0.2, 0) is 16.6 Å². The summed E-state index contributed by atoms with van der Waals surface area (Å²) < 4.78 is 45.2. The monoisotopic (exact) mass is 312 g/mol. The van der Waals surface area contributed by atoms with Gasteiger partial charge in [-0.25, -0.2) is 12.8 Å². The summed E-state index contributed by atoms with van der Waals surface area (Å²) in [7, 11) is -2.50. The Hall–Kier alpha value is -1.86. The number of nitrogens with zero attached hydrogens (tertiary/aromatic N) is 1. The molecular weight excluding hydrogens is 295 g/mol. The highest BCUT2D eigenvalue weighted by Gasteiger charge is 2.30. The van der Waals surface area contributed by atoms with Crippen LogP contribution >= 0.6 is 0 Å². The molecule has 0 saturated heterocycles. The van der Waals surface area contributed by atoms with E-state index in [1.807, 2.05) is 0 Å².